The van der Waals surface area contributed by atoms with Crippen molar-refractivity contribution < 1.29 is 9.53 Å². The molecular formula is C15H22N4O2. The van der Waals surface area contributed by atoms with Gasteiger partial charge >= 0.3 is 0 Å². The molecular weight excluding hydrogens is 268 g/mol. The average molecular weight is 290 g/mol. The van der Waals surface area contributed by atoms with E-state index >= 15 is 0 Å². The summed E-state index contributed by atoms with van der Waals surface area (Å²) in [7, 11) is 0. The fourth-order valence-electron chi connectivity index (χ4n) is 1.71. The van der Waals surface area contributed by atoms with Crippen LogP contribution in [0, 0.1) is 11.3 Å². The molecule has 1 aromatic heterocycles. The molecule has 2 heterocycles. The van der Waals surface area contributed by atoms with E-state index in [0.717, 1.165) is 31.9 Å². The minimum atomic E-state index is -0.318. The molecule has 114 valence electrons. The number of rotatable bonds is 2. The summed E-state index contributed by atoms with van der Waals surface area (Å²) in [6.07, 6.45) is 1.77. The molecule has 1 saturated heterocycles. The zero-order chi connectivity index (χ0) is 15.7. The summed E-state index contributed by atoms with van der Waals surface area (Å²) >= 11 is 0. The second-order valence-corrected chi connectivity index (χ2v) is 5.58. The highest BCUT2D eigenvalue weighted by molar-refractivity contribution is 5.46. The largest absolute Gasteiger partial charge is 0.462 e. The number of piperazine rings is 1. The summed E-state index contributed by atoms with van der Waals surface area (Å²) in [6.45, 7) is 9.96. The van der Waals surface area contributed by atoms with Gasteiger partial charge in [-0.1, -0.05) is 0 Å². The minimum absolute atomic E-state index is 0.318. The molecule has 21 heavy (non-hydrogen) atoms. The number of nitriles is 1. The second kappa shape index (κ2) is 8.22. The maximum Gasteiger partial charge on any atom is 0.293 e. The van der Waals surface area contributed by atoms with E-state index in [2.05, 4.69) is 19.9 Å². The standard InChI is InChI=1S/C10H12N4.C5H10O2/c11-7-9-1-2-10(8-13-9)14-5-3-12-4-6-14;1-5(2,3)7-4-6/h1-2,8,12H,3-6H2;4H,1-3H3. The molecule has 0 spiro atoms. The summed E-state index contributed by atoms with van der Waals surface area (Å²) < 4.78 is 4.55. The molecule has 0 atom stereocenters. The maximum atomic E-state index is 9.60. The highest BCUT2D eigenvalue weighted by Gasteiger charge is 2.10. The fourth-order valence-corrected chi connectivity index (χ4v) is 1.71. The number of carbonyl (C=O) groups excluding carboxylic acids is 1. The van der Waals surface area contributed by atoms with Crippen molar-refractivity contribution in [3.05, 3.63) is 24.0 Å². The van der Waals surface area contributed by atoms with Crippen LogP contribution in [0.2, 0.25) is 0 Å². The van der Waals surface area contributed by atoms with E-state index in [1.807, 2.05) is 32.9 Å². The van der Waals surface area contributed by atoms with Crippen molar-refractivity contribution in [3.8, 4) is 6.07 Å². The summed E-state index contributed by atoms with van der Waals surface area (Å²) in [5.41, 5.74) is 1.26. The molecule has 1 fully saturated rings. The van der Waals surface area contributed by atoms with Crippen LogP contribution in [-0.2, 0) is 9.53 Å². The fraction of sp³-hybridized carbons (Fsp3) is 0.533. The van der Waals surface area contributed by atoms with Crippen molar-refractivity contribution in [2.45, 2.75) is 26.4 Å². The number of anilines is 1. The summed E-state index contributed by atoms with van der Waals surface area (Å²) in [5.74, 6) is 0. The van der Waals surface area contributed by atoms with Gasteiger partial charge in [-0.25, -0.2) is 4.98 Å². The van der Waals surface area contributed by atoms with E-state index in [0.29, 0.717) is 12.2 Å². The van der Waals surface area contributed by atoms with Crippen LogP contribution in [0.3, 0.4) is 0 Å². The number of nitrogens with one attached hydrogen (secondary N) is 1. The number of pyridine rings is 1. The van der Waals surface area contributed by atoms with Crippen LogP contribution >= 0.6 is 0 Å². The monoisotopic (exact) mass is 290 g/mol. The van der Waals surface area contributed by atoms with Crippen LogP contribution in [0.5, 0.6) is 0 Å². The third-order valence-corrected chi connectivity index (χ3v) is 2.75. The van der Waals surface area contributed by atoms with Gasteiger partial charge in [-0.3, -0.25) is 4.79 Å². The molecule has 1 aliphatic rings. The Morgan fingerprint density at radius 3 is 2.43 bits per heavy atom. The molecule has 0 amide bonds. The summed E-state index contributed by atoms with van der Waals surface area (Å²) in [6, 6.07) is 5.73. The molecule has 2 rings (SSSR count). The minimum Gasteiger partial charge on any atom is -0.462 e. The molecule has 1 N–H and O–H groups in total. The van der Waals surface area contributed by atoms with E-state index in [4.69, 9.17) is 5.26 Å². The Hall–Kier alpha value is -2.13. The third-order valence-electron chi connectivity index (χ3n) is 2.75. The van der Waals surface area contributed by atoms with Crippen molar-refractivity contribution in [3.63, 3.8) is 0 Å². The molecule has 0 radical (unpaired) electrons. The maximum absolute atomic E-state index is 9.60. The van der Waals surface area contributed by atoms with Crippen LogP contribution in [-0.4, -0.2) is 43.2 Å². The molecule has 6 heteroatoms. The van der Waals surface area contributed by atoms with E-state index in [9.17, 15) is 4.79 Å². The van der Waals surface area contributed by atoms with Crippen molar-refractivity contribution in [1.29, 1.82) is 5.26 Å². The van der Waals surface area contributed by atoms with Gasteiger partial charge in [0.05, 0.1) is 11.9 Å². The molecule has 1 aromatic rings. The Balaban J connectivity index is 0.000000270. The number of hydrogen-bond donors (Lipinski definition) is 1. The molecule has 1 aliphatic heterocycles. The topological polar surface area (TPSA) is 78.2 Å². The molecule has 0 aliphatic carbocycles. The van der Waals surface area contributed by atoms with Gasteiger partial charge in [0, 0.05) is 26.2 Å². The van der Waals surface area contributed by atoms with Gasteiger partial charge in [0.25, 0.3) is 6.47 Å². The number of ether oxygens (including phenoxy) is 1. The van der Waals surface area contributed by atoms with Crippen molar-refractivity contribution >= 4 is 12.2 Å². The molecule has 0 unspecified atom stereocenters. The average Bonchev–Trinajstić information content (AvgIpc) is 2.48. The lowest BCUT2D eigenvalue weighted by molar-refractivity contribution is -0.138. The summed E-state index contributed by atoms with van der Waals surface area (Å²) in [4.78, 5) is 15.9. The first-order valence-corrected chi connectivity index (χ1v) is 6.89. The Bertz CT molecular complexity index is 468. The van der Waals surface area contributed by atoms with Crippen LogP contribution < -0.4 is 10.2 Å². The van der Waals surface area contributed by atoms with Crippen molar-refractivity contribution in [1.82, 2.24) is 10.3 Å². The predicted octanol–water partition coefficient (Wildman–Crippen LogP) is 1.32. The lowest BCUT2D eigenvalue weighted by Gasteiger charge is -2.28. The lowest BCUT2D eigenvalue weighted by Crippen LogP contribution is -2.43. The first-order valence-electron chi connectivity index (χ1n) is 6.89. The molecule has 6 nitrogen and oxygen atoms in total. The van der Waals surface area contributed by atoms with Gasteiger partial charge in [-0.2, -0.15) is 5.26 Å². The highest BCUT2D eigenvalue weighted by Crippen LogP contribution is 2.12. The number of aromatic nitrogens is 1. The van der Waals surface area contributed by atoms with Gasteiger partial charge < -0.3 is 15.0 Å². The molecule has 0 bridgehead atoms. The Morgan fingerprint density at radius 1 is 1.38 bits per heavy atom. The first-order chi connectivity index (χ1) is 9.96. The van der Waals surface area contributed by atoms with Crippen LogP contribution in [0.15, 0.2) is 18.3 Å². The van der Waals surface area contributed by atoms with Gasteiger partial charge in [0.2, 0.25) is 0 Å². The Morgan fingerprint density at radius 2 is 2.05 bits per heavy atom. The van der Waals surface area contributed by atoms with Crippen molar-refractivity contribution in [2.75, 3.05) is 31.1 Å². The Labute approximate surface area is 125 Å². The number of nitrogens with zero attached hydrogens (tertiary/aromatic N) is 3. The van der Waals surface area contributed by atoms with Gasteiger partial charge in [-0.05, 0) is 32.9 Å². The number of carbonyl (C=O) groups is 1. The quantitative estimate of drug-likeness (QED) is 0.828. The lowest BCUT2D eigenvalue weighted by atomic mass is 10.2. The molecule has 0 saturated carbocycles. The SMILES string of the molecule is CC(C)(C)OC=O.N#Cc1ccc(N2CCNCC2)cn1. The van der Waals surface area contributed by atoms with Gasteiger partial charge in [0.15, 0.2) is 0 Å². The highest BCUT2D eigenvalue weighted by atomic mass is 16.5. The van der Waals surface area contributed by atoms with Gasteiger partial charge in [0.1, 0.15) is 17.4 Å². The zero-order valence-corrected chi connectivity index (χ0v) is 12.8. The summed E-state index contributed by atoms with van der Waals surface area (Å²) in [5, 5.41) is 11.9. The van der Waals surface area contributed by atoms with Crippen LogP contribution in [0.4, 0.5) is 5.69 Å². The van der Waals surface area contributed by atoms with E-state index in [1.54, 1.807) is 12.3 Å². The normalized spacial score (nSPS) is 14.5. The van der Waals surface area contributed by atoms with Crippen LogP contribution in [0.1, 0.15) is 26.5 Å². The second-order valence-electron chi connectivity index (χ2n) is 5.58. The van der Waals surface area contributed by atoms with E-state index in [1.165, 1.54) is 0 Å². The van der Waals surface area contributed by atoms with Crippen LogP contribution in [0.25, 0.3) is 0 Å². The van der Waals surface area contributed by atoms with Crippen molar-refractivity contribution in [2.24, 2.45) is 0 Å². The Kier molecular flexibility index (Phi) is 6.63. The first kappa shape index (κ1) is 16.9. The smallest absolute Gasteiger partial charge is 0.293 e. The predicted molar refractivity (Wildman–Crippen MR) is 80.9 cm³/mol. The van der Waals surface area contributed by atoms with E-state index < -0.39 is 0 Å². The van der Waals surface area contributed by atoms with E-state index in [-0.39, 0.29) is 5.60 Å². The number of hydrogen-bond acceptors (Lipinski definition) is 6. The van der Waals surface area contributed by atoms with Gasteiger partial charge in [-0.15, -0.1) is 0 Å². The zero-order valence-electron chi connectivity index (χ0n) is 12.8. The molecule has 0 aromatic carbocycles. The third kappa shape index (κ3) is 6.72.